The highest BCUT2D eigenvalue weighted by atomic mass is 16.6. The molecule has 0 aromatic heterocycles. The standard InChI is InChI=1S/C12H14O4/c1-12(9-5-3-2-4-6-9)10(11(13)14)15-7-8-16-12/h2-6,10H,7-8H2,1H3,(H,13,14)/t10-,12+/m1/s1. The number of carboxylic acids is 1. The molecule has 1 aliphatic heterocycles. The van der Waals surface area contributed by atoms with Gasteiger partial charge < -0.3 is 14.6 Å². The van der Waals surface area contributed by atoms with Crippen LogP contribution in [0.5, 0.6) is 0 Å². The first kappa shape index (κ1) is 11.1. The second kappa shape index (κ2) is 4.23. The van der Waals surface area contributed by atoms with Crippen LogP contribution in [0.15, 0.2) is 30.3 Å². The number of carboxylic acid groups (broad SMARTS) is 1. The lowest BCUT2D eigenvalue weighted by Crippen LogP contribution is -2.50. The first-order valence-corrected chi connectivity index (χ1v) is 5.18. The molecule has 0 spiro atoms. The summed E-state index contributed by atoms with van der Waals surface area (Å²) < 4.78 is 10.9. The van der Waals surface area contributed by atoms with Crippen LogP contribution in [0.2, 0.25) is 0 Å². The Morgan fingerprint density at radius 1 is 1.38 bits per heavy atom. The molecule has 16 heavy (non-hydrogen) atoms. The molecule has 1 fully saturated rings. The number of ether oxygens (including phenoxy) is 2. The fourth-order valence-electron chi connectivity index (χ4n) is 1.97. The largest absolute Gasteiger partial charge is 0.479 e. The third-order valence-corrected chi connectivity index (χ3v) is 2.84. The van der Waals surface area contributed by atoms with Crippen LogP contribution in [-0.4, -0.2) is 30.4 Å². The predicted molar refractivity (Wildman–Crippen MR) is 57.1 cm³/mol. The molecule has 1 N–H and O–H groups in total. The van der Waals surface area contributed by atoms with E-state index in [1.54, 1.807) is 6.92 Å². The van der Waals surface area contributed by atoms with Crippen molar-refractivity contribution in [3.05, 3.63) is 35.9 Å². The van der Waals surface area contributed by atoms with Crippen molar-refractivity contribution in [2.24, 2.45) is 0 Å². The van der Waals surface area contributed by atoms with Gasteiger partial charge in [-0.05, 0) is 12.5 Å². The van der Waals surface area contributed by atoms with Crippen LogP contribution in [0, 0.1) is 0 Å². The first-order chi connectivity index (χ1) is 7.64. The van der Waals surface area contributed by atoms with Crippen molar-refractivity contribution in [1.29, 1.82) is 0 Å². The van der Waals surface area contributed by atoms with Crippen molar-refractivity contribution in [2.75, 3.05) is 13.2 Å². The zero-order valence-electron chi connectivity index (χ0n) is 9.05. The van der Waals surface area contributed by atoms with Crippen LogP contribution in [0.1, 0.15) is 12.5 Å². The lowest BCUT2D eigenvalue weighted by molar-refractivity contribution is -0.213. The molecule has 4 nitrogen and oxygen atoms in total. The average molecular weight is 222 g/mol. The molecule has 0 amide bonds. The van der Waals surface area contributed by atoms with Gasteiger partial charge in [0.05, 0.1) is 13.2 Å². The summed E-state index contributed by atoms with van der Waals surface area (Å²) in [5.74, 6) is -0.994. The Morgan fingerprint density at radius 2 is 2.06 bits per heavy atom. The molecule has 1 heterocycles. The van der Waals surface area contributed by atoms with E-state index in [2.05, 4.69) is 0 Å². The molecule has 0 aliphatic carbocycles. The van der Waals surface area contributed by atoms with Gasteiger partial charge in [0, 0.05) is 0 Å². The summed E-state index contributed by atoms with van der Waals surface area (Å²) in [7, 11) is 0. The molecule has 2 atom stereocenters. The second-order valence-corrected chi connectivity index (χ2v) is 3.91. The van der Waals surface area contributed by atoms with E-state index in [1.807, 2.05) is 30.3 Å². The van der Waals surface area contributed by atoms with Gasteiger partial charge in [-0.2, -0.15) is 0 Å². The van der Waals surface area contributed by atoms with Crippen LogP contribution < -0.4 is 0 Å². The minimum Gasteiger partial charge on any atom is -0.479 e. The van der Waals surface area contributed by atoms with Crippen LogP contribution in [0.4, 0.5) is 0 Å². The van der Waals surface area contributed by atoms with E-state index in [9.17, 15) is 4.79 Å². The minimum atomic E-state index is -0.994. The van der Waals surface area contributed by atoms with E-state index in [0.717, 1.165) is 5.56 Å². The molecule has 86 valence electrons. The lowest BCUT2D eigenvalue weighted by Gasteiger charge is -2.39. The van der Waals surface area contributed by atoms with Crippen LogP contribution in [-0.2, 0) is 19.9 Å². The normalized spacial score (nSPS) is 29.9. The van der Waals surface area contributed by atoms with Gasteiger partial charge in [0.2, 0.25) is 0 Å². The van der Waals surface area contributed by atoms with Gasteiger partial charge in [-0.25, -0.2) is 4.79 Å². The van der Waals surface area contributed by atoms with Gasteiger partial charge in [0.25, 0.3) is 0 Å². The van der Waals surface area contributed by atoms with E-state index < -0.39 is 17.7 Å². The SMILES string of the molecule is C[C@@]1(c2ccccc2)OCCO[C@@H]1C(=O)O. The second-order valence-electron chi connectivity index (χ2n) is 3.91. The van der Waals surface area contributed by atoms with Crippen LogP contribution in [0.3, 0.4) is 0 Å². The van der Waals surface area contributed by atoms with Crippen molar-refractivity contribution in [3.63, 3.8) is 0 Å². The Bertz CT molecular complexity index is 376. The van der Waals surface area contributed by atoms with Gasteiger partial charge in [0.1, 0.15) is 5.60 Å². The lowest BCUT2D eigenvalue weighted by atomic mass is 9.89. The highest BCUT2D eigenvalue weighted by molar-refractivity contribution is 5.74. The Labute approximate surface area is 93.8 Å². The fraction of sp³-hybridized carbons (Fsp3) is 0.417. The molecular weight excluding hydrogens is 208 g/mol. The maximum atomic E-state index is 11.1. The minimum absolute atomic E-state index is 0.319. The smallest absolute Gasteiger partial charge is 0.336 e. The molecule has 1 aromatic carbocycles. The van der Waals surface area contributed by atoms with E-state index in [-0.39, 0.29) is 0 Å². The third kappa shape index (κ3) is 1.81. The average Bonchev–Trinajstić information content (AvgIpc) is 2.30. The highest BCUT2D eigenvalue weighted by Crippen LogP contribution is 2.33. The molecule has 1 aromatic rings. The molecular formula is C12H14O4. The summed E-state index contributed by atoms with van der Waals surface area (Å²) in [5, 5.41) is 9.13. The van der Waals surface area contributed by atoms with Crippen LogP contribution >= 0.6 is 0 Å². The van der Waals surface area contributed by atoms with Crippen molar-refractivity contribution >= 4 is 5.97 Å². The van der Waals surface area contributed by atoms with Gasteiger partial charge in [-0.1, -0.05) is 30.3 Å². The number of carbonyl (C=O) groups is 1. The number of hydrogen-bond donors (Lipinski definition) is 1. The number of hydrogen-bond acceptors (Lipinski definition) is 3. The quantitative estimate of drug-likeness (QED) is 0.821. The van der Waals surface area contributed by atoms with E-state index in [0.29, 0.717) is 13.2 Å². The monoisotopic (exact) mass is 222 g/mol. The molecule has 0 bridgehead atoms. The van der Waals surface area contributed by atoms with Gasteiger partial charge in [-0.15, -0.1) is 0 Å². The maximum Gasteiger partial charge on any atom is 0.336 e. The molecule has 1 saturated heterocycles. The third-order valence-electron chi connectivity index (χ3n) is 2.84. The van der Waals surface area contributed by atoms with E-state index in [4.69, 9.17) is 14.6 Å². The zero-order valence-corrected chi connectivity index (χ0v) is 9.05. The molecule has 0 unspecified atom stereocenters. The molecule has 2 rings (SSSR count). The maximum absolute atomic E-state index is 11.1. The van der Waals surface area contributed by atoms with Crippen molar-refractivity contribution in [1.82, 2.24) is 0 Å². The summed E-state index contributed by atoms with van der Waals surface area (Å²) in [6, 6.07) is 9.30. The van der Waals surface area contributed by atoms with Gasteiger partial charge in [0.15, 0.2) is 6.10 Å². The molecule has 1 aliphatic rings. The molecule has 0 saturated carbocycles. The van der Waals surface area contributed by atoms with Crippen molar-refractivity contribution in [2.45, 2.75) is 18.6 Å². The Balaban J connectivity index is 2.37. The number of aliphatic carboxylic acids is 1. The fourth-order valence-corrected chi connectivity index (χ4v) is 1.97. The summed E-state index contributed by atoms with van der Waals surface area (Å²) in [6.07, 6.45) is -0.955. The zero-order chi connectivity index (χ0) is 11.6. The first-order valence-electron chi connectivity index (χ1n) is 5.18. The summed E-state index contributed by atoms with van der Waals surface area (Å²) >= 11 is 0. The highest BCUT2D eigenvalue weighted by Gasteiger charge is 2.45. The van der Waals surface area contributed by atoms with Crippen LogP contribution in [0.25, 0.3) is 0 Å². The summed E-state index contributed by atoms with van der Waals surface area (Å²) in [5.41, 5.74) is -0.0900. The molecule has 4 heteroatoms. The van der Waals surface area contributed by atoms with Crippen molar-refractivity contribution in [3.8, 4) is 0 Å². The van der Waals surface area contributed by atoms with E-state index in [1.165, 1.54) is 0 Å². The molecule has 0 radical (unpaired) electrons. The van der Waals surface area contributed by atoms with Gasteiger partial charge >= 0.3 is 5.97 Å². The number of rotatable bonds is 2. The number of benzene rings is 1. The summed E-state index contributed by atoms with van der Waals surface area (Å²) in [4.78, 5) is 11.1. The Kier molecular flexibility index (Phi) is 2.94. The Morgan fingerprint density at radius 3 is 2.69 bits per heavy atom. The van der Waals surface area contributed by atoms with E-state index >= 15 is 0 Å². The Hall–Kier alpha value is -1.39. The van der Waals surface area contributed by atoms with Gasteiger partial charge in [-0.3, -0.25) is 0 Å². The van der Waals surface area contributed by atoms with Crippen molar-refractivity contribution < 1.29 is 19.4 Å². The topological polar surface area (TPSA) is 55.8 Å². The summed E-state index contributed by atoms with van der Waals surface area (Å²) in [6.45, 7) is 2.48. The predicted octanol–water partition coefficient (Wildman–Crippen LogP) is 1.40.